The molecule has 0 unspecified atom stereocenters. The molecule has 0 aliphatic carbocycles. The zero-order valence-electron chi connectivity index (χ0n) is 7.41. The van der Waals surface area contributed by atoms with Gasteiger partial charge in [-0.25, -0.2) is 13.8 Å². The second-order valence-electron chi connectivity index (χ2n) is 2.84. The maximum Gasteiger partial charge on any atom is 0.161 e. The molecule has 1 aromatic heterocycles. The Bertz CT molecular complexity index is 490. The Morgan fingerprint density at radius 3 is 2.40 bits per heavy atom. The molecule has 5 heteroatoms. The van der Waals surface area contributed by atoms with E-state index in [1.54, 1.807) is 0 Å². The van der Waals surface area contributed by atoms with Gasteiger partial charge in [0.25, 0.3) is 0 Å². The first-order chi connectivity index (χ1) is 7.19. The summed E-state index contributed by atoms with van der Waals surface area (Å²) in [5.41, 5.74) is 0.339. The maximum absolute atomic E-state index is 12.9. The molecule has 2 aromatic rings. The van der Waals surface area contributed by atoms with Gasteiger partial charge in [-0.1, -0.05) is 0 Å². The molecule has 15 heavy (non-hydrogen) atoms. The molecule has 76 valence electrons. The number of rotatable bonds is 2. The first-order valence-electron chi connectivity index (χ1n) is 4.06. The number of benzene rings is 1. The summed E-state index contributed by atoms with van der Waals surface area (Å²) in [4.78, 5) is 14.7. The Hall–Kier alpha value is -1.62. The first-order valence-corrected chi connectivity index (χ1v) is 4.88. The van der Waals surface area contributed by atoms with Gasteiger partial charge in [0.15, 0.2) is 6.29 Å². The van der Waals surface area contributed by atoms with E-state index in [1.807, 2.05) is 0 Å². The third kappa shape index (κ3) is 2.07. The van der Waals surface area contributed by atoms with E-state index in [9.17, 15) is 13.6 Å². The second-order valence-corrected chi connectivity index (χ2v) is 3.91. The number of carbonyl (C=O) groups is 1. The summed E-state index contributed by atoms with van der Waals surface area (Å²) in [5.74, 6) is -1.32. The van der Waals surface area contributed by atoms with Gasteiger partial charge in [0.05, 0.1) is 4.88 Å². The van der Waals surface area contributed by atoms with Crippen LogP contribution in [0, 0.1) is 11.6 Å². The molecule has 0 spiro atoms. The van der Waals surface area contributed by atoms with Crippen LogP contribution in [0.25, 0.3) is 10.6 Å². The predicted octanol–water partition coefficient (Wildman–Crippen LogP) is 2.90. The average Bonchev–Trinajstić information content (AvgIpc) is 2.64. The Balaban J connectivity index is 2.48. The largest absolute Gasteiger partial charge is 0.297 e. The summed E-state index contributed by atoms with van der Waals surface area (Å²) in [7, 11) is 0. The van der Waals surface area contributed by atoms with Crippen LogP contribution in [0.4, 0.5) is 8.78 Å². The lowest BCUT2D eigenvalue weighted by atomic mass is 10.2. The van der Waals surface area contributed by atoms with Gasteiger partial charge in [-0.05, 0) is 12.1 Å². The van der Waals surface area contributed by atoms with Crippen LogP contribution in [0.15, 0.2) is 24.4 Å². The molecule has 0 amide bonds. The zero-order chi connectivity index (χ0) is 10.8. The number of aromatic nitrogens is 1. The third-order valence-electron chi connectivity index (χ3n) is 1.75. The fourth-order valence-corrected chi connectivity index (χ4v) is 1.87. The summed E-state index contributed by atoms with van der Waals surface area (Å²) in [6.07, 6.45) is 2.02. The molecule has 0 bridgehead atoms. The average molecular weight is 225 g/mol. The minimum atomic E-state index is -0.659. The van der Waals surface area contributed by atoms with E-state index in [2.05, 4.69) is 4.98 Å². The molecule has 0 saturated carbocycles. The summed E-state index contributed by atoms with van der Waals surface area (Å²) in [6, 6.07) is 3.14. The van der Waals surface area contributed by atoms with Crippen molar-refractivity contribution >= 4 is 17.6 Å². The quantitative estimate of drug-likeness (QED) is 0.735. The minimum Gasteiger partial charge on any atom is -0.297 e. The van der Waals surface area contributed by atoms with Crippen molar-refractivity contribution in [3.05, 3.63) is 40.9 Å². The predicted molar refractivity (Wildman–Crippen MR) is 52.9 cm³/mol. The van der Waals surface area contributed by atoms with Gasteiger partial charge < -0.3 is 0 Å². The molecule has 2 rings (SSSR count). The fraction of sp³-hybridized carbons (Fsp3) is 0. The lowest BCUT2D eigenvalue weighted by Crippen LogP contribution is -1.82. The molecular formula is C10H5F2NOS. The number of halogens is 2. The van der Waals surface area contributed by atoms with E-state index in [4.69, 9.17) is 0 Å². The molecule has 0 atom stereocenters. The van der Waals surface area contributed by atoms with Gasteiger partial charge in [0, 0.05) is 17.8 Å². The molecule has 0 aliphatic heterocycles. The lowest BCUT2D eigenvalue weighted by molar-refractivity contribution is 0.112. The minimum absolute atomic E-state index is 0.339. The van der Waals surface area contributed by atoms with Gasteiger partial charge in [-0.15, -0.1) is 11.3 Å². The fourth-order valence-electron chi connectivity index (χ4n) is 1.15. The van der Waals surface area contributed by atoms with Gasteiger partial charge in [-0.2, -0.15) is 0 Å². The SMILES string of the molecule is O=Cc1cnc(-c2cc(F)cc(F)c2)s1. The number of aldehydes is 1. The van der Waals surface area contributed by atoms with Crippen molar-refractivity contribution in [2.75, 3.05) is 0 Å². The molecule has 1 heterocycles. The lowest BCUT2D eigenvalue weighted by Gasteiger charge is -1.96. The van der Waals surface area contributed by atoms with Crippen molar-refractivity contribution in [3.8, 4) is 10.6 Å². The van der Waals surface area contributed by atoms with Crippen LogP contribution in [-0.2, 0) is 0 Å². The van der Waals surface area contributed by atoms with Crippen molar-refractivity contribution < 1.29 is 13.6 Å². The van der Waals surface area contributed by atoms with Crippen LogP contribution >= 0.6 is 11.3 Å². The molecule has 0 aliphatic rings. The van der Waals surface area contributed by atoms with Crippen molar-refractivity contribution in [3.63, 3.8) is 0 Å². The Morgan fingerprint density at radius 2 is 1.87 bits per heavy atom. The van der Waals surface area contributed by atoms with E-state index in [-0.39, 0.29) is 0 Å². The monoisotopic (exact) mass is 225 g/mol. The van der Waals surface area contributed by atoms with Crippen LogP contribution in [0.1, 0.15) is 9.67 Å². The van der Waals surface area contributed by atoms with Gasteiger partial charge in [0.2, 0.25) is 0 Å². The Labute approximate surface area is 88.2 Å². The van der Waals surface area contributed by atoms with E-state index < -0.39 is 11.6 Å². The van der Waals surface area contributed by atoms with Crippen molar-refractivity contribution in [1.82, 2.24) is 4.98 Å². The molecule has 0 N–H and O–H groups in total. The van der Waals surface area contributed by atoms with Crippen LogP contribution in [0.5, 0.6) is 0 Å². The first kappa shape index (κ1) is 9.92. The van der Waals surface area contributed by atoms with E-state index >= 15 is 0 Å². The highest BCUT2D eigenvalue weighted by Crippen LogP contribution is 2.25. The van der Waals surface area contributed by atoms with E-state index in [0.29, 0.717) is 21.7 Å². The van der Waals surface area contributed by atoms with Crippen LogP contribution < -0.4 is 0 Å². The summed E-state index contributed by atoms with van der Waals surface area (Å²) >= 11 is 1.09. The van der Waals surface area contributed by atoms with Gasteiger partial charge in [0.1, 0.15) is 16.6 Å². The number of nitrogens with zero attached hydrogens (tertiary/aromatic N) is 1. The topological polar surface area (TPSA) is 30.0 Å². The Morgan fingerprint density at radius 1 is 1.20 bits per heavy atom. The van der Waals surface area contributed by atoms with Gasteiger partial charge >= 0.3 is 0 Å². The number of hydrogen-bond acceptors (Lipinski definition) is 3. The molecule has 0 radical (unpaired) electrons. The van der Waals surface area contributed by atoms with Crippen molar-refractivity contribution in [2.24, 2.45) is 0 Å². The molecule has 0 fully saturated rings. The van der Waals surface area contributed by atoms with E-state index in [0.717, 1.165) is 17.4 Å². The number of thiazole rings is 1. The Kier molecular flexibility index (Phi) is 2.55. The zero-order valence-corrected chi connectivity index (χ0v) is 8.22. The standard InChI is InChI=1S/C10H5F2NOS/c11-7-1-6(2-8(12)3-7)10-13-4-9(5-14)15-10/h1-5H. The summed E-state index contributed by atoms with van der Waals surface area (Å²) < 4.78 is 25.7. The van der Waals surface area contributed by atoms with E-state index in [1.165, 1.54) is 18.3 Å². The highest BCUT2D eigenvalue weighted by atomic mass is 32.1. The van der Waals surface area contributed by atoms with Crippen molar-refractivity contribution in [2.45, 2.75) is 0 Å². The van der Waals surface area contributed by atoms with Crippen molar-refractivity contribution in [1.29, 1.82) is 0 Å². The summed E-state index contributed by atoms with van der Waals surface area (Å²) in [5, 5.41) is 0.426. The molecule has 2 nitrogen and oxygen atoms in total. The van der Waals surface area contributed by atoms with Gasteiger partial charge in [-0.3, -0.25) is 4.79 Å². The van der Waals surface area contributed by atoms with Crippen LogP contribution in [0.3, 0.4) is 0 Å². The number of hydrogen-bond donors (Lipinski definition) is 0. The molecule has 1 aromatic carbocycles. The third-order valence-corrected chi connectivity index (χ3v) is 2.72. The second kappa shape index (κ2) is 3.86. The smallest absolute Gasteiger partial charge is 0.161 e. The highest BCUT2D eigenvalue weighted by molar-refractivity contribution is 7.16. The normalized spacial score (nSPS) is 10.3. The van der Waals surface area contributed by atoms with Crippen LogP contribution in [-0.4, -0.2) is 11.3 Å². The molecular weight excluding hydrogens is 220 g/mol. The maximum atomic E-state index is 12.9. The highest BCUT2D eigenvalue weighted by Gasteiger charge is 2.07. The van der Waals surface area contributed by atoms with Crippen LogP contribution in [0.2, 0.25) is 0 Å². The molecule has 0 saturated heterocycles. The number of carbonyl (C=O) groups excluding carboxylic acids is 1. The summed E-state index contributed by atoms with van der Waals surface area (Å²) in [6.45, 7) is 0.